The van der Waals surface area contributed by atoms with E-state index in [1.807, 2.05) is 60.4 Å². The summed E-state index contributed by atoms with van der Waals surface area (Å²) in [6.07, 6.45) is 2.07. The summed E-state index contributed by atoms with van der Waals surface area (Å²) in [5.74, 6) is 0. The van der Waals surface area contributed by atoms with Gasteiger partial charge in [-0.3, -0.25) is 0 Å². The Balaban J connectivity index is 1.66. The molecule has 1 N–H and O–H groups in total. The monoisotopic (exact) mass is 441 g/mol. The van der Waals surface area contributed by atoms with Gasteiger partial charge in [-0.05, 0) is 66.4 Å². The lowest BCUT2D eigenvalue weighted by Crippen LogP contribution is -2.38. The van der Waals surface area contributed by atoms with Crippen LogP contribution in [0, 0.1) is 13.8 Å². The number of hydrogen-bond donors (Lipinski definition) is 1. The van der Waals surface area contributed by atoms with Crippen molar-refractivity contribution in [3.8, 4) is 5.69 Å². The van der Waals surface area contributed by atoms with Crippen LogP contribution >= 0.6 is 11.6 Å². The second kappa shape index (κ2) is 8.21. The van der Waals surface area contributed by atoms with Gasteiger partial charge in [0, 0.05) is 22.6 Å². The zero-order valence-corrected chi connectivity index (χ0v) is 18.8. The third-order valence-corrected chi connectivity index (χ3v) is 6.63. The molecule has 5 rings (SSSR count). The van der Waals surface area contributed by atoms with E-state index in [1.165, 1.54) is 0 Å². The number of amides is 2. The first-order valence-electron chi connectivity index (χ1n) is 10.7. The number of nitrogens with one attached hydrogen (secondary N) is 1. The van der Waals surface area contributed by atoms with Gasteiger partial charge in [0.15, 0.2) is 0 Å². The van der Waals surface area contributed by atoms with E-state index in [4.69, 9.17) is 11.6 Å². The summed E-state index contributed by atoms with van der Waals surface area (Å²) in [6.45, 7) is 4.50. The molecule has 1 aliphatic heterocycles. The van der Waals surface area contributed by atoms with Crippen molar-refractivity contribution in [2.24, 2.45) is 0 Å². The smallest absolute Gasteiger partial charge is 0.318 e. The molecule has 5 heteroatoms. The largest absolute Gasteiger partial charge is 0.322 e. The highest BCUT2D eigenvalue weighted by Gasteiger charge is 2.33. The number of rotatable bonds is 2. The minimum atomic E-state index is -0.238. The highest BCUT2D eigenvalue weighted by atomic mass is 35.5. The molecule has 0 radical (unpaired) electrons. The molecule has 2 amide bonds. The molecule has 3 aromatic carbocycles. The van der Waals surface area contributed by atoms with E-state index in [2.05, 4.69) is 53.3 Å². The number of nitrogens with zero attached hydrogens (tertiary/aromatic N) is 2. The van der Waals surface area contributed by atoms with E-state index in [0.29, 0.717) is 11.6 Å². The number of carbonyl (C=O) groups is 1. The van der Waals surface area contributed by atoms with E-state index >= 15 is 0 Å². The van der Waals surface area contributed by atoms with E-state index < -0.39 is 0 Å². The molecule has 0 fully saturated rings. The molecule has 0 spiro atoms. The summed E-state index contributed by atoms with van der Waals surface area (Å²) in [4.78, 5) is 15.7. The van der Waals surface area contributed by atoms with Gasteiger partial charge in [0.1, 0.15) is 6.04 Å². The van der Waals surface area contributed by atoms with E-state index in [-0.39, 0.29) is 12.1 Å². The maximum Gasteiger partial charge on any atom is 0.322 e. The molecular formula is C27H24ClN3O. The van der Waals surface area contributed by atoms with Gasteiger partial charge < -0.3 is 14.8 Å². The van der Waals surface area contributed by atoms with Crippen LogP contribution in [0.1, 0.15) is 34.0 Å². The first-order valence-corrected chi connectivity index (χ1v) is 11.1. The molecule has 0 aliphatic carbocycles. The number of aryl methyl sites for hydroxylation is 1. The fourth-order valence-electron chi connectivity index (χ4n) is 4.49. The average Bonchev–Trinajstić information content (AvgIpc) is 3.22. The zero-order chi connectivity index (χ0) is 22.2. The number of fused-ring (bicyclic) bond motifs is 3. The summed E-state index contributed by atoms with van der Waals surface area (Å²) in [6, 6.07) is 25.8. The Labute approximate surface area is 193 Å². The molecule has 160 valence electrons. The Bertz CT molecular complexity index is 1310. The van der Waals surface area contributed by atoms with Crippen molar-refractivity contribution in [2.75, 3.05) is 5.32 Å². The zero-order valence-electron chi connectivity index (χ0n) is 18.0. The minimum absolute atomic E-state index is 0.159. The number of anilines is 1. The SMILES string of the molecule is Cc1ccccc1[C@H]1c2cccn2-c2ccccc2CN1C(=O)Nc1cccc(Cl)c1C. The van der Waals surface area contributed by atoms with Crippen LogP contribution in [0.2, 0.25) is 5.02 Å². The number of aromatic nitrogens is 1. The average molecular weight is 442 g/mol. The van der Waals surface area contributed by atoms with Crippen molar-refractivity contribution in [3.05, 3.63) is 118 Å². The van der Waals surface area contributed by atoms with Crippen molar-refractivity contribution < 1.29 is 4.79 Å². The van der Waals surface area contributed by atoms with Crippen LogP contribution in [-0.2, 0) is 6.54 Å². The summed E-state index contributed by atoms with van der Waals surface area (Å²) >= 11 is 6.31. The quantitative estimate of drug-likeness (QED) is 0.361. The maximum atomic E-state index is 13.8. The van der Waals surface area contributed by atoms with Crippen molar-refractivity contribution in [3.63, 3.8) is 0 Å². The van der Waals surface area contributed by atoms with Gasteiger partial charge in [-0.1, -0.05) is 60.1 Å². The lowest BCUT2D eigenvalue weighted by molar-refractivity contribution is 0.194. The first-order chi connectivity index (χ1) is 15.5. The number of urea groups is 1. The number of benzene rings is 3. The third-order valence-electron chi connectivity index (χ3n) is 6.22. The second-order valence-corrected chi connectivity index (χ2v) is 8.57. The summed E-state index contributed by atoms with van der Waals surface area (Å²) < 4.78 is 2.20. The molecule has 0 unspecified atom stereocenters. The van der Waals surface area contributed by atoms with Gasteiger partial charge in [-0.2, -0.15) is 0 Å². The van der Waals surface area contributed by atoms with Gasteiger partial charge in [0.25, 0.3) is 0 Å². The molecule has 4 nitrogen and oxygen atoms in total. The van der Waals surface area contributed by atoms with Crippen molar-refractivity contribution >= 4 is 23.3 Å². The Morgan fingerprint density at radius 1 is 0.938 bits per heavy atom. The highest BCUT2D eigenvalue weighted by Crippen LogP contribution is 2.38. The van der Waals surface area contributed by atoms with Gasteiger partial charge in [-0.25, -0.2) is 4.79 Å². The molecule has 32 heavy (non-hydrogen) atoms. The van der Waals surface area contributed by atoms with Crippen LogP contribution in [0.25, 0.3) is 5.69 Å². The first kappa shape index (κ1) is 20.4. The predicted octanol–water partition coefficient (Wildman–Crippen LogP) is 6.88. The van der Waals surface area contributed by atoms with Crippen LogP contribution in [-0.4, -0.2) is 15.5 Å². The van der Waals surface area contributed by atoms with Crippen LogP contribution < -0.4 is 5.32 Å². The van der Waals surface area contributed by atoms with Gasteiger partial charge in [-0.15, -0.1) is 0 Å². The molecular weight excluding hydrogens is 418 g/mol. The lowest BCUT2D eigenvalue weighted by Gasteiger charge is -2.32. The molecule has 1 aliphatic rings. The number of halogens is 1. The van der Waals surface area contributed by atoms with Crippen LogP contribution in [0.5, 0.6) is 0 Å². The topological polar surface area (TPSA) is 37.3 Å². The van der Waals surface area contributed by atoms with Gasteiger partial charge in [0.2, 0.25) is 0 Å². The fourth-order valence-corrected chi connectivity index (χ4v) is 4.66. The third kappa shape index (κ3) is 3.47. The maximum absolute atomic E-state index is 13.8. The number of carbonyl (C=O) groups excluding carboxylic acids is 1. The van der Waals surface area contributed by atoms with Crippen molar-refractivity contribution in [2.45, 2.75) is 26.4 Å². The summed E-state index contributed by atoms with van der Waals surface area (Å²) in [5, 5.41) is 3.75. The van der Waals surface area contributed by atoms with Crippen LogP contribution in [0.15, 0.2) is 85.1 Å². The van der Waals surface area contributed by atoms with Crippen LogP contribution in [0.4, 0.5) is 10.5 Å². The second-order valence-electron chi connectivity index (χ2n) is 8.16. The lowest BCUT2D eigenvalue weighted by atomic mass is 9.97. The minimum Gasteiger partial charge on any atom is -0.318 e. The molecule has 2 heterocycles. The molecule has 1 aromatic heterocycles. The van der Waals surface area contributed by atoms with Crippen molar-refractivity contribution in [1.82, 2.24) is 9.47 Å². The number of hydrogen-bond acceptors (Lipinski definition) is 1. The van der Waals surface area contributed by atoms with Crippen molar-refractivity contribution in [1.29, 1.82) is 0 Å². The summed E-state index contributed by atoms with van der Waals surface area (Å²) in [5.41, 5.74) is 7.08. The highest BCUT2D eigenvalue weighted by molar-refractivity contribution is 6.31. The predicted molar refractivity (Wildman–Crippen MR) is 130 cm³/mol. The molecule has 0 bridgehead atoms. The standard InChI is InChI=1S/C27H24ClN3O/c1-18-9-3-5-11-21(18)26-25-15-8-16-30(25)24-14-6-4-10-20(24)17-31(26)27(32)29-23-13-7-12-22(28)19(23)2/h3-16,26H,17H2,1-2H3,(H,29,32)/t26-/m0/s1. The Kier molecular flexibility index (Phi) is 5.24. The number of para-hydroxylation sites is 1. The fraction of sp³-hybridized carbons (Fsp3) is 0.148. The summed E-state index contributed by atoms with van der Waals surface area (Å²) in [7, 11) is 0. The molecule has 0 saturated heterocycles. The normalized spacial score (nSPS) is 15.0. The van der Waals surface area contributed by atoms with Gasteiger partial charge >= 0.3 is 6.03 Å². The molecule has 4 aromatic rings. The Hall–Kier alpha value is -3.50. The molecule has 0 saturated carbocycles. The Morgan fingerprint density at radius 3 is 2.56 bits per heavy atom. The van der Waals surface area contributed by atoms with Gasteiger partial charge in [0.05, 0.1) is 12.2 Å². The van der Waals surface area contributed by atoms with E-state index in [1.54, 1.807) is 0 Å². The van der Waals surface area contributed by atoms with E-state index in [0.717, 1.165) is 39.3 Å². The Morgan fingerprint density at radius 2 is 1.72 bits per heavy atom. The van der Waals surface area contributed by atoms with Crippen LogP contribution in [0.3, 0.4) is 0 Å². The molecule has 1 atom stereocenters. The van der Waals surface area contributed by atoms with E-state index in [9.17, 15) is 4.79 Å².